The zero-order chi connectivity index (χ0) is 45.6. The summed E-state index contributed by atoms with van der Waals surface area (Å²) in [7, 11) is 1.14. The third-order valence-corrected chi connectivity index (χ3v) is 12.8. The Balaban J connectivity index is 1.51. The van der Waals surface area contributed by atoms with E-state index in [1.165, 1.54) is 0 Å². The second-order valence-corrected chi connectivity index (χ2v) is 16.9. The van der Waals surface area contributed by atoms with E-state index >= 15 is 0 Å². The topological polar surface area (TPSA) is 155 Å². The van der Waals surface area contributed by atoms with Crippen LogP contribution >= 0.6 is 8.53 Å². The van der Waals surface area contributed by atoms with Crippen LogP contribution in [0.25, 0.3) is 0 Å². The number of benzene rings is 5. The SMILES string of the molecule is COc1ccc(C(OC[C@H]2O[C@@H](O)[C@H](OC(=O)c3ccccc3)[C@@H](OC(=O)c3ccccc3)[C@@H]2OP(OCCC#N)N(C(C)C)C(C)C)(c2ccccc2)c2ccc(OC)cc2)cc1. The highest BCUT2D eigenvalue weighted by atomic mass is 31.2. The number of hydrogen-bond acceptors (Lipinski definition) is 13. The van der Waals surface area contributed by atoms with Gasteiger partial charge in [0.05, 0.1) is 51.1 Å². The Morgan fingerprint density at radius 3 is 1.59 bits per heavy atom. The highest BCUT2D eigenvalue weighted by Gasteiger charge is 2.54. The summed E-state index contributed by atoms with van der Waals surface area (Å²) in [5.74, 6) is -0.279. The molecule has 0 aliphatic carbocycles. The van der Waals surface area contributed by atoms with Crippen molar-refractivity contribution in [2.24, 2.45) is 0 Å². The summed E-state index contributed by atoms with van der Waals surface area (Å²) < 4.78 is 52.6. The highest BCUT2D eigenvalue weighted by molar-refractivity contribution is 7.44. The Bertz CT molecular complexity index is 2200. The fourth-order valence-corrected chi connectivity index (χ4v) is 9.40. The quantitative estimate of drug-likeness (QED) is 0.0343. The van der Waals surface area contributed by atoms with Crippen molar-refractivity contribution in [2.75, 3.05) is 27.4 Å². The molecule has 1 unspecified atom stereocenters. The average molecular weight is 891 g/mol. The van der Waals surface area contributed by atoms with Crippen LogP contribution < -0.4 is 9.47 Å². The van der Waals surface area contributed by atoms with Gasteiger partial charge in [-0.2, -0.15) is 5.26 Å². The molecule has 1 N–H and O–H groups in total. The van der Waals surface area contributed by atoms with E-state index in [9.17, 15) is 20.0 Å². The van der Waals surface area contributed by atoms with Gasteiger partial charge in [0.25, 0.3) is 8.53 Å². The molecule has 0 aromatic heterocycles. The first-order chi connectivity index (χ1) is 31.0. The molecule has 0 saturated carbocycles. The predicted octanol–water partition coefficient (Wildman–Crippen LogP) is 8.84. The lowest BCUT2D eigenvalue weighted by atomic mass is 9.80. The number of carbonyl (C=O) groups excluding carboxylic acids is 2. The number of nitrogens with zero attached hydrogens (tertiary/aromatic N) is 2. The van der Waals surface area contributed by atoms with Crippen LogP contribution in [-0.2, 0) is 33.6 Å². The first-order valence-electron chi connectivity index (χ1n) is 21.1. The summed E-state index contributed by atoms with van der Waals surface area (Å²) in [5.41, 5.74) is 1.30. The number of nitriles is 1. The van der Waals surface area contributed by atoms with Crippen molar-refractivity contribution in [3.8, 4) is 17.6 Å². The molecule has 1 heterocycles. The van der Waals surface area contributed by atoms with Gasteiger partial charge in [0.1, 0.15) is 29.3 Å². The molecule has 13 nitrogen and oxygen atoms in total. The van der Waals surface area contributed by atoms with Gasteiger partial charge in [-0.05, 0) is 92.9 Å². The maximum absolute atomic E-state index is 14.1. The molecule has 64 heavy (non-hydrogen) atoms. The average Bonchev–Trinajstić information content (AvgIpc) is 3.32. The molecular weight excluding hydrogens is 836 g/mol. The molecule has 336 valence electrons. The molecule has 5 aromatic rings. The molecule has 5 aromatic carbocycles. The summed E-state index contributed by atoms with van der Waals surface area (Å²) in [6, 6.07) is 43.1. The van der Waals surface area contributed by atoms with Gasteiger partial charge in [0.2, 0.25) is 0 Å². The maximum Gasteiger partial charge on any atom is 0.338 e. The molecule has 14 heteroatoms. The lowest BCUT2D eigenvalue weighted by Gasteiger charge is -2.46. The zero-order valence-electron chi connectivity index (χ0n) is 36.8. The molecule has 1 saturated heterocycles. The summed E-state index contributed by atoms with van der Waals surface area (Å²) in [4.78, 5) is 27.9. The van der Waals surface area contributed by atoms with Crippen LogP contribution in [0, 0.1) is 11.3 Å². The van der Waals surface area contributed by atoms with Crippen molar-refractivity contribution in [1.82, 2.24) is 4.67 Å². The van der Waals surface area contributed by atoms with E-state index in [0.29, 0.717) is 11.5 Å². The smallest absolute Gasteiger partial charge is 0.338 e. The largest absolute Gasteiger partial charge is 0.497 e. The van der Waals surface area contributed by atoms with Gasteiger partial charge in [-0.25, -0.2) is 14.3 Å². The summed E-state index contributed by atoms with van der Waals surface area (Å²) >= 11 is 0. The minimum absolute atomic E-state index is 0.0302. The second kappa shape index (κ2) is 22.8. The van der Waals surface area contributed by atoms with Crippen molar-refractivity contribution < 1.29 is 52.2 Å². The van der Waals surface area contributed by atoms with Gasteiger partial charge in [0, 0.05) is 12.1 Å². The standard InChI is InChI=1S/C50H55N2O11P/c1-34(2)52(35(3)4)64(59-32-16-31-51)63-44-43(60-49(55)46(62-48(54)37-19-12-8-13-20-37)45(44)61-47(53)36-17-10-7-11-18-36)33-58-50(38-21-14-9-15-22-38,39-23-27-41(56-5)28-24-39)40-25-29-42(57-6)30-26-40/h7-15,17-30,34-35,43-46,49,55H,16,32-33H2,1-6H3/t43-,44-,45+,46-,49-,64?/m1/s1. The Kier molecular flexibility index (Phi) is 17.0. The molecule has 0 bridgehead atoms. The van der Waals surface area contributed by atoms with Crippen LogP contribution in [0.2, 0.25) is 0 Å². The van der Waals surface area contributed by atoms with Gasteiger partial charge >= 0.3 is 11.9 Å². The molecule has 1 aliphatic heterocycles. The van der Waals surface area contributed by atoms with E-state index < -0.39 is 56.8 Å². The lowest BCUT2D eigenvalue weighted by molar-refractivity contribution is -0.286. The Labute approximate surface area is 376 Å². The van der Waals surface area contributed by atoms with Crippen LogP contribution in [0.1, 0.15) is 71.5 Å². The third-order valence-electron chi connectivity index (χ3n) is 10.6. The number of rotatable bonds is 20. The molecular formula is C50H55N2O11P. The fraction of sp³-hybridized carbons (Fsp3) is 0.340. The van der Waals surface area contributed by atoms with Crippen molar-refractivity contribution in [1.29, 1.82) is 5.26 Å². The van der Waals surface area contributed by atoms with Crippen LogP contribution in [0.4, 0.5) is 0 Å². The predicted molar refractivity (Wildman–Crippen MR) is 241 cm³/mol. The second-order valence-electron chi connectivity index (χ2n) is 15.5. The van der Waals surface area contributed by atoms with Crippen LogP contribution in [0.3, 0.4) is 0 Å². The van der Waals surface area contributed by atoms with E-state index in [1.54, 1.807) is 74.9 Å². The molecule has 0 amide bonds. The first-order valence-corrected chi connectivity index (χ1v) is 22.2. The maximum atomic E-state index is 14.1. The number of esters is 2. The Morgan fingerprint density at radius 1 is 0.688 bits per heavy atom. The van der Waals surface area contributed by atoms with Gasteiger partial charge < -0.3 is 42.6 Å². The first kappa shape index (κ1) is 47.8. The molecule has 6 atom stereocenters. The van der Waals surface area contributed by atoms with Crippen molar-refractivity contribution >= 4 is 20.5 Å². The molecule has 6 rings (SSSR count). The monoisotopic (exact) mass is 890 g/mol. The lowest BCUT2D eigenvalue weighted by Crippen LogP contribution is -2.62. The summed E-state index contributed by atoms with van der Waals surface area (Å²) in [6.07, 6.45) is -7.35. The van der Waals surface area contributed by atoms with Crippen LogP contribution in [-0.4, -0.2) is 91.9 Å². The highest BCUT2D eigenvalue weighted by Crippen LogP contribution is 2.50. The molecule has 1 aliphatic rings. The van der Waals surface area contributed by atoms with Gasteiger partial charge in [-0.3, -0.25) is 0 Å². The van der Waals surface area contributed by atoms with E-state index in [0.717, 1.165) is 16.7 Å². The number of ether oxygens (including phenoxy) is 6. The van der Waals surface area contributed by atoms with E-state index in [2.05, 4.69) is 6.07 Å². The van der Waals surface area contributed by atoms with Crippen LogP contribution in [0.5, 0.6) is 11.5 Å². The normalized spacial score (nSPS) is 19.2. The number of methoxy groups -OCH3 is 2. The summed E-state index contributed by atoms with van der Waals surface area (Å²) in [5, 5.41) is 21.5. The van der Waals surface area contributed by atoms with Gasteiger partial charge in [-0.1, -0.05) is 91.0 Å². The van der Waals surface area contributed by atoms with E-state index in [4.69, 9.17) is 37.5 Å². The van der Waals surface area contributed by atoms with Gasteiger partial charge in [0.15, 0.2) is 18.5 Å². The third kappa shape index (κ3) is 11.3. The Morgan fingerprint density at radius 2 is 1.14 bits per heavy atom. The molecule has 0 radical (unpaired) electrons. The van der Waals surface area contributed by atoms with Crippen molar-refractivity contribution in [3.63, 3.8) is 0 Å². The minimum Gasteiger partial charge on any atom is -0.497 e. The fourth-order valence-electron chi connectivity index (χ4n) is 7.63. The minimum atomic E-state index is -2.04. The van der Waals surface area contributed by atoms with E-state index in [1.807, 2.05) is 111 Å². The van der Waals surface area contributed by atoms with E-state index in [-0.39, 0.29) is 42.8 Å². The number of aliphatic hydroxyl groups is 1. The van der Waals surface area contributed by atoms with Crippen molar-refractivity contribution in [3.05, 3.63) is 167 Å². The molecule has 1 fully saturated rings. The van der Waals surface area contributed by atoms with Gasteiger partial charge in [-0.15, -0.1) is 0 Å². The molecule has 0 spiro atoms. The zero-order valence-corrected chi connectivity index (χ0v) is 37.7. The number of hydrogen-bond donors (Lipinski definition) is 1. The summed E-state index contributed by atoms with van der Waals surface area (Å²) in [6.45, 7) is 7.71. The van der Waals surface area contributed by atoms with Crippen molar-refractivity contribution in [2.45, 2.75) is 82.5 Å². The Hall–Kier alpha value is -5.68. The van der Waals surface area contributed by atoms with Crippen LogP contribution in [0.15, 0.2) is 140 Å². The number of carbonyl (C=O) groups is 2. The number of aliphatic hydroxyl groups excluding tert-OH is 1.